The first-order valence-corrected chi connectivity index (χ1v) is 6.23. The summed E-state index contributed by atoms with van der Waals surface area (Å²) >= 11 is 0. The Labute approximate surface area is 108 Å². The molecule has 0 heterocycles. The number of carbonyl (C=O) groups excluding carboxylic acids is 2. The molecule has 0 aromatic carbocycles. The lowest BCUT2D eigenvalue weighted by Gasteiger charge is -2.26. The van der Waals surface area contributed by atoms with Crippen LogP contribution in [-0.2, 0) is 14.3 Å². The molecule has 1 aliphatic rings. The third kappa shape index (κ3) is 3.00. The van der Waals surface area contributed by atoms with Gasteiger partial charge in [-0.25, -0.2) is 0 Å². The molecule has 1 fully saturated rings. The van der Waals surface area contributed by atoms with E-state index in [9.17, 15) is 9.59 Å². The number of rotatable bonds is 6. The largest absolute Gasteiger partial charge is 0.468 e. The number of ether oxygens (including phenoxy) is 1. The molecular formula is C12H23N3O3. The molecule has 104 valence electrons. The highest BCUT2D eigenvalue weighted by molar-refractivity contribution is 5.81. The molecule has 0 aliphatic heterocycles. The molecule has 0 saturated heterocycles. The van der Waals surface area contributed by atoms with Crippen LogP contribution >= 0.6 is 0 Å². The number of nitrogens with one attached hydrogen (secondary N) is 2. The molecule has 0 spiro atoms. The van der Waals surface area contributed by atoms with E-state index in [0.29, 0.717) is 18.8 Å². The van der Waals surface area contributed by atoms with Gasteiger partial charge in [-0.1, -0.05) is 0 Å². The van der Waals surface area contributed by atoms with Crippen LogP contribution in [0.4, 0.5) is 0 Å². The summed E-state index contributed by atoms with van der Waals surface area (Å²) in [5.74, 6) is -0.286. The number of amides is 1. The van der Waals surface area contributed by atoms with Gasteiger partial charge in [-0.05, 0) is 45.7 Å². The summed E-state index contributed by atoms with van der Waals surface area (Å²) in [6.07, 6.45) is 2.96. The van der Waals surface area contributed by atoms with Crippen molar-refractivity contribution in [2.45, 2.75) is 37.3 Å². The van der Waals surface area contributed by atoms with E-state index >= 15 is 0 Å². The van der Waals surface area contributed by atoms with Crippen LogP contribution in [-0.4, -0.2) is 44.7 Å². The summed E-state index contributed by atoms with van der Waals surface area (Å²) in [5, 5.41) is 5.97. The maximum atomic E-state index is 11.8. The molecule has 4 N–H and O–H groups in total. The molecule has 6 nitrogen and oxygen atoms in total. The Balaban J connectivity index is 2.64. The van der Waals surface area contributed by atoms with Gasteiger partial charge in [-0.2, -0.15) is 0 Å². The molecule has 0 aromatic rings. The van der Waals surface area contributed by atoms with Gasteiger partial charge >= 0.3 is 5.97 Å². The fraction of sp³-hybridized carbons (Fsp3) is 0.833. The monoisotopic (exact) mass is 257 g/mol. The first kappa shape index (κ1) is 14.9. The Hall–Kier alpha value is -1.14. The van der Waals surface area contributed by atoms with Crippen molar-refractivity contribution in [1.29, 1.82) is 0 Å². The third-order valence-electron chi connectivity index (χ3n) is 3.93. The number of esters is 1. The van der Waals surface area contributed by atoms with E-state index in [0.717, 1.165) is 12.8 Å². The maximum absolute atomic E-state index is 11.8. The van der Waals surface area contributed by atoms with Crippen molar-refractivity contribution < 1.29 is 14.3 Å². The standard InChI is InChI=1S/C12H23N3O3/c1-14-9(10(13)16)6-8-4-5-12(7-8,15-2)11(17)18-3/h8-9,14-15H,4-7H2,1-3H3,(H2,13,16). The lowest BCUT2D eigenvalue weighted by molar-refractivity contribution is -0.148. The molecule has 0 aromatic heterocycles. The zero-order valence-electron chi connectivity index (χ0n) is 11.3. The van der Waals surface area contributed by atoms with Gasteiger partial charge in [0.2, 0.25) is 5.91 Å². The van der Waals surface area contributed by atoms with E-state index in [1.54, 1.807) is 14.1 Å². The molecule has 1 amide bonds. The minimum Gasteiger partial charge on any atom is -0.468 e. The van der Waals surface area contributed by atoms with Gasteiger partial charge in [0.1, 0.15) is 5.54 Å². The summed E-state index contributed by atoms with van der Waals surface area (Å²) in [6, 6.07) is -0.333. The van der Waals surface area contributed by atoms with Gasteiger partial charge in [-0.3, -0.25) is 9.59 Å². The molecule has 1 aliphatic carbocycles. The Bertz CT molecular complexity index is 322. The number of hydrogen-bond donors (Lipinski definition) is 3. The Morgan fingerprint density at radius 3 is 2.61 bits per heavy atom. The van der Waals surface area contributed by atoms with Gasteiger partial charge in [0.25, 0.3) is 0 Å². The summed E-state index contributed by atoms with van der Waals surface area (Å²) in [4.78, 5) is 23.0. The topological polar surface area (TPSA) is 93.4 Å². The van der Waals surface area contributed by atoms with Crippen LogP contribution in [0.2, 0.25) is 0 Å². The molecular weight excluding hydrogens is 234 g/mol. The molecule has 1 rings (SSSR count). The number of primary amides is 1. The predicted octanol–water partition coefficient (Wildman–Crippen LogP) is -0.619. The fourth-order valence-electron chi connectivity index (χ4n) is 2.77. The average Bonchev–Trinajstić information content (AvgIpc) is 2.79. The Kier molecular flexibility index (Phi) is 5.10. The van der Waals surface area contributed by atoms with Gasteiger partial charge < -0.3 is 21.1 Å². The molecule has 3 atom stereocenters. The van der Waals surface area contributed by atoms with Gasteiger partial charge in [0.05, 0.1) is 13.2 Å². The summed E-state index contributed by atoms with van der Waals surface area (Å²) in [6.45, 7) is 0. The lowest BCUT2D eigenvalue weighted by Crippen LogP contribution is -2.49. The highest BCUT2D eigenvalue weighted by Crippen LogP contribution is 2.37. The van der Waals surface area contributed by atoms with Crippen LogP contribution in [0.1, 0.15) is 25.7 Å². The van der Waals surface area contributed by atoms with Crippen molar-refractivity contribution >= 4 is 11.9 Å². The van der Waals surface area contributed by atoms with Gasteiger partial charge in [-0.15, -0.1) is 0 Å². The second-order valence-corrected chi connectivity index (χ2v) is 4.91. The molecule has 1 saturated carbocycles. The van der Waals surface area contributed by atoms with E-state index in [1.807, 2.05) is 0 Å². The van der Waals surface area contributed by atoms with Crippen molar-refractivity contribution in [3.63, 3.8) is 0 Å². The lowest BCUT2D eigenvalue weighted by atomic mass is 9.93. The van der Waals surface area contributed by atoms with Crippen LogP contribution in [0.3, 0.4) is 0 Å². The zero-order valence-corrected chi connectivity index (χ0v) is 11.3. The average molecular weight is 257 g/mol. The van der Waals surface area contributed by atoms with Gasteiger partial charge in [0.15, 0.2) is 0 Å². The third-order valence-corrected chi connectivity index (χ3v) is 3.93. The molecule has 3 unspecified atom stereocenters. The van der Waals surface area contributed by atoms with Crippen LogP contribution in [0.25, 0.3) is 0 Å². The number of methoxy groups -OCH3 is 1. The quantitative estimate of drug-likeness (QED) is 0.551. The van der Waals surface area contributed by atoms with Crippen LogP contribution < -0.4 is 16.4 Å². The predicted molar refractivity (Wildman–Crippen MR) is 67.8 cm³/mol. The van der Waals surface area contributed by atoms with Crippen molar-refractivity contribution in [3.05, 3.63) is 0 Å². The fourth-order valence-corrected chi connectivity index (χ4v) is 2.77. The second-order valence-electron chi connectivity index (χ2n) is 4.91. The number of carbonyl (C=O) groups is 2. The number of likely N-dealkylation sites (N-methyl/N-ethyl adjacent to an activating group) is 2. The minimum atomic E-state index is -0.602. The summed E-state index contributed by atoms with van der Waals surface area (Å²) in [7, 11) is 4.88. The summed E-state index contributed by atoms with van der Waals surface area (Å²) in [5.41, 5.74) is 4.70. The van der Waals surface area contributed by atoms with Crippen molar-refractivity contribution in [1.82, 2.24) is 10.6 Å². The van der Waals surface area contributed by atoms with Crippen molar-refractivity contribution in [3.8, 4) is 0 Å². The van der Waals surface area contributed by atoms with E-state index in [1.165, 1.54) is 7.11 Å². The Morgan fingerprint density at radius 2 is 2.17 bits per heavy atom. The number of hydrogen-bond acceptors (Lipinski definition) is 5. The summed E-state index contributed by atoms with van der Waals surface area (Å²) < 4.78 is 4.85. The Morgan fingerprint density at radius 1 is 1.50 bits per heavy atom. The van der Waals surface area contributed by atoms with E-state index < -0.39 is 5.54 Å². The second kappa shape index (κ2) is 6.15. The van der Waals surface area contributed by atoms with Crippen molar-refractivity contribution in [2.24, 2.45) is 11.7 Å². The van der Waals surface area contributed by atoms with E-state index in [-0.39, 0.29) is 17.9 Å². The molecule has 0 bridgehead atoms. The van der Waals surface area contributed by atoms with Crippen molar-refractivity contribution in [2.75, 3.05) is 21.2 Å². The first-order chi connectivity index (χ1) is 8.49. The SMILES string of the molecule is CNC(CC1CCC(NC)(C(=O)OC)C1)C(N)=O. The maximum Gasteiger partial charge on any atom is 0.326 e. The smallest absolute Gasteiger partial charge is 0.326 e. The van der Waals surface area contributed by atoms with Crippen LogP contribution in [0, 0.1) is 5.92 Å². The zero-order chi connectivity index (χ0) is 13.8. The number of nitrogens with two attached hydrogens (primary N) is 1. The van der Waals surface area contributed by atoms with E-state index in [2.05, 4.69) is 10.6 Å². The molecule has 6 heteroatoms. The van der Waals surface area contributed by atoms with Crippen LogP contribution in [0.5, 0.6) is 0 Å². The molecule has 18 heavy (non-hydrogen) atoms. The highest BCUT2D eigenvalue weighted by Gasteiger charge is 2.45. The van der Waals surface area contributed by atoms with Crippen LogP contribution in [0.15, 0.2) is 0 Å². The highest BCUT2D eigenvalue weighted by atomic mass is 16.5. The normalized spacial score (nSPS) is 28.9. The molecule has 0 radical (unpaired) electrons. The van der Waals surface area contributed by atoms with E-state index in [4.69, 9.17) is 10.5 Å². The van der Waals surface area contributed by atoms with Gasteiger partial charge in [0, 0.05) is 0 Å². The minimum absolute atomic E-state index is 0.229. The first-order valence-electron chi connectivity index (χ1n) is 6.23.